The van der Waals surface area contributed by atoms with Crippen molar-refractivity contribution in [2.24, 2.45) is 11.8 Å². The lowest BCUT2D eigenvalue weighted by molar-refractivity contribution is -0.169. The van der Waals surface area contributed by atoms with Gasteiger partial charge in [0.25, 0.3) is 5.91 Å². The van der Waals surface area contributed by atoms with Crippen LogP contribution in [0.5, 0.6) is 5.75 Å². The summed E-state index contributed by atoms with van der Waals surface area (Å²) in [5.41, 5.74) is 1.23. The smallest absolute Gasteiger partial charge is 0.391 e. The Balaban J connectivity index is 1.81. The molecule has 1 aliphatic rings. The molecule has 2 aromatic rings. The zero-order chi connectivity index (χ0) is 28.9. The number of hydrogen-bond acceptors (Lipinski definition) is 5. The van der Waals surface area contributed by atoms with E-state index in [4.69, 9.17) is 4.74 Å². The normalized spacial score (nSPS) is 19.6. The summed E-state index contributed by atoms with van der Waals surface area (Å²) in [6.07, 6.45) is -2.06. The van der Waals surface area contributed by atoms with E-state index in [-0.39, 0.29) is 34.5 Å². The fourth-order valence-electron chi connectivity index (χ4n) is 4.83. The molecule has 1 heterocycles. The van der Waals surface area contributed by atoms with Gasteiger partial charge >= 0.3 is 12.8 Å². The standard InChI is InChI=1S/C25H33F5N4O4S/c1-4-34-22(19-10-7-17(11-14(2)25(28,29)30)12-20(19)38-24(26)27)15(3)21(32-34)23(35)31-13-16-5-8-18(9-6-16)33-39(36)37/h7,10,12,14,16,18,24,33H,4-6,8-9,11,13H2,1-3H3,(H,31,35)(H,36,37)/p-1/t14-,16?,18?/m0/s1. The molecule has 0 bridgehead atoms. The number of nitrogens with zero attached hydrogens (tertiary/aromatic N) is 2. The molecule has 1 aromatic heterocycles. The molecular weight excluding hydrogens is 547 g/mol. The number of nitrogens with one attached hydrogen (secondary N) is 2. The second kappa shape index (κ2) is 13.2. The van der Waals surface area contributed by atoms with Crippen molar-refractivity contribution in [2.45, 2.75) is 78.2 Å². The molecule has 0 spiro atoms. The number of hydrogen-bond donors (Lipinski definition) is 2. The van der Waals surface area contributed by atoms with Crippen LogP contribution in [0, 0.1) is 18.8 Å². The van der Waals surface area contributed by atoms with Crippen molar-refractivity contribution in [1.29, 1.82) is 0 Å². The number of aryl methyl sites for hydroxylation is 1. The summed E-state index contributed by atoms with van der Waals surface area (Å²) in [6, 6.07) is 3.89. The van der Waals surface area contributed by atoms with Crippen LogP contribution in [-0.4, -0.2) is 49.8 Å². The first-order chi connectivity index (χ1) is 18.3. The van der Waals surface area contributed by atoms with Gasteiger partial charge in [-0.15, -0.1) is 0 Å². The maximum atomic E-state index is 13.3. The summed E-state index contributed by atoms with van der Waals surface area (Å²) in [6.45, 7) is 1.84. The summed E-state index contributed by atoms with van der Waals surface area (Å²) in [4.78, 5) is 13.0. The minimum absolute atomic E-state index is 0.0988. The Hall–Kier alpha value is -2.58. The first-order valence-electron chi connectivity index (χ1n) is 12.7. The van der Waals surface area contributed by atoms with Crippen molar-refractivity contribution in [3.8, 4) is 17.0 Å². The van der Waals surface area contributed by atoms with E-state index in [0.29, 0.717) is 37.2 Å². The minimum atomic E-state index is -4.44. The molecule has 1 amide bonds. The van der Waals surface area contributed by atoms with Crippen LogP contribution in [0.15, 0.2) is 18.2 Å². The highest BCUT2D eigenvalue weighted by molar-refractivity contribution is 7.77. The van der Waals surface area contributed by atoms with Crippen molar-refractivity contribution in [3.05, 3.63) is 35.0 Å². The first kappa shape index (κ1) is 31.0. The molecule has 218 valence electrons. The Labute approximate surface area is 226 Å². The second-order valence-electron chi connectivity index (χ2n) is 9.77. The molecular formula is C25H32F5N4O4S-. The second-order valence-corrected chi connectivity index (χ2v) is 10.5. The third kappa shape index (κ3) is 8.21. The summed E-state index contributed by atoms with van der Waals surface area (Å²) in [5.74, 6) is -2.26. The van der Waals surface area contributed by atoms with Crippen LogP contribution in [0.1, 0.15) is 61.1 Å². The molecule has 0 radical (unpaired) electrons. The average Bonchev–Trinajstić information content (AvgIpc) is 3.18. The molecule has 1 saturated carbocycles. The van der Waals surface area contributed by atoms with Crippen molar-refractivity contribution in [2.75, 3.05) is 6.54 Å². The van der Waals surface area contributed by atoms with E-state index < -0.39 is 42.3 Å². The zero-order valence-electron chi connectivity index (χ0n) is 21.8. The number of alkyl halides is 5. The maximum Gasteiger partial charge on any atom is 0.391 e. The number of aromatic nitrogens is 2. The Morgan fingerprint density at radius 1 is 1.26 bits per heavy atom. The predicted molar refractivity (Wildman–Crippen MR) is 134 cm³/mol. The highest BCUT2D eigenvalue weighted by atomic mass is 32.2. The number of amides is 1. The number of carbonyl (C=O) groups is 1. The quantitative estimate of drug-likeness (QED) is 0.291. The van der Waals surface area contributed by atoms with E-state index in [9.17, 15) is 35.5 Å². The highest BCUT2D eigenvalue weighted by Gasteiger charge is 2.36. The summed E-state index contributed by atoms with van der Waals surface area (Å²) >= 11 is -2.32. The predicted octanol–water partition coefficient (Wildman–Crippen LogP) is 4.89. The molecule has 3 rings (SSSR count). The lowest BCUT2D eigenvalue weighted by Gasteiger charge is -2.29. The number of carbonyl (C=O) groups excluding carboxylic acids is 1. The molecule has 2 atom stereocenters. The molecule has 2 N–H and O–H groups in total. The van der Waals surface area contributed by atoms with E-state index in [2.05, 4.69) is 15.1 Å². The van der Waals surface area contributed by atoms with Crippen LogP contribution in [0.3, 0.4) is 0 Å². The van der Waals surface area contributed by atoms with Crippen LogP contribution in [0.2, 0.25) is 0 Å². The molecule has 0 aliphatic heterocycles. The Morgan fingerprint density at radius 3 is 2.49 bits per heavy atom. The van der Waals surface area contributed by atoms with Gasteiger partial charge in [0, 0.05) is 41.5 Å². The molecule has 1 aliphatic carbocycles. The molecule has 39 heavy (non-hydrogen) atoms. The Bertz CT molecular complexity index is 1170. The van der Waals surface area contributed by atoms with Crippen LogP contribution in [0.25, 0.3) is 11.3 Å². The van der Waals surface area contributed by atoms with Gasteiger partial charge in [0.15, 0.2) is 5.69 Å². The fraction of sp³-hybridized carbons (Fsp3) is 0.600. The van der Waals surface area contributed by atoms with Gasteiger partial charge in [-0.1, -0.05) is 13.0 Å². The van der Waals surface area contributed by atoms with Gasteiger partial charge in [-0.2, -0.15) is 27.1 Å². The SMILES string of the molecule is CCn1nc(C(=O)NCC2CCC(NS(=O)[O-])CC2)c(C)c1-c1ccc(C[C@H](C)C(F)(F)F)cc1OC(F)F. The van der Waals surface area contributed by atoms with Gasteiger partial charge in [0.05, 0.1) is 11.6 Å². The molecule has 1 unspecified atom stereocenters. The van der Waals surface area contributed by atoms with Crippen molar-refractivity contribution in [3.63, 3.8) is 0 Å². The number of benzene rings is 1. The number of ether oxygens (including phenoxy) is 1. The van der Waals surface area contributed by atoms with Crippen molar-refractivity contribution < 1.29 is 40.2 Å². The minimum Gasteiger partial charge on any atom is -0.760 e. The summed E-state index contributed by atoms with van der Waals surface area (Å²) in [7, 11) is 0. The monoisotopic (exact) mass is 579 g/mol. The fourth-order valence-corrected chi connectivity index (χ4v) is 5.34. The van der Waals surface area contributed by atoms with E-state index in [0.717, 1.165) is 19.8 Å². The van der Waals surface area contributed by atoms with Gasteiger partial charge in [-0.25, -0.2) is 4.72 Å². The molecule has 1 aromatic carbocycles. The Morgan fingerprint density at radius 2 is 1.92 bits per heavy atom. The van der Waals surface area contributed by atoms with Crippen molar-refractivity contribution >= 4 is 17.2 Å². The largest absolute Gasteiger partial charge is 0.760 e. The lowest BCUT2D eigenvalue weighted by atomic mass is 9.86. The van der Waals surface area contributed by atoms with Crippen molar-refractivity contribution in [1.82, 2.24) is 19.8 Å². The summed E-state index contributed by atoms with van der Waals surface area (Å²) in [5, 5.41) is 7.23. The van der Waals surface area contributed by atoms with E-state index in [1.165, 1.54) is 22.9 Å². The van der Waals surface area contributed by atoms with Crippen LogP contribution < -0.4 is 14.8 Å². The topological polar surface area (TPSA) is 108 Å². The average molecular weight is 580 g/mol. The molecule has 8 nitrogen and oxygen atoms in total. The van der Waals surface area contributed by atoms with E-state index >= 15 is 0 Å². The number of rotatable bonds is 11. The zero-order valence-corrected chi connectivity index (χ0v) is 22.6. The van der Waals surface area contributed by atoms with Crippen LogP contribution in [-0.2, 0) is 24.2 Å². The first-order valence-corrected chi connectivity index (χ1v) is 13.7. The highest BCUT2D eigenvalue weighted by Crippen LogP contribution is 2.37. The van der Waals surface area contributed by atoms with Gasteiger partial charge in [0.1, 0.15) is 5.75 Å². The maximum absolute atomic E-state index is 13.3. The Kier molecular flexibility index (Phi) is 10.5. The van der Waals surface area contributed by atoms with Crippen LogP contribution in [0.4, 0.5) is 22.0 Å². The van der Waals surface area contributed by atoms with Gasteiger partial charge in [-0.05, 0) is 69.6 Å². The van der Waals surface area contributed by atoms with Crippen LogP contribution >= 0.6 is 0 Å². The van der Waals surface area contributed by atoms with E-state index in [1.54, 1.807) is 13.8 Å². The number of halogens is 5. The van der Waals surface area contributed by atoms with E-state index in [1.807, 2.05) is 0 Å². The third-order valence-electron chi connectivity index (χ3n) is 6.98. The summed E-state index contributed by atoms with van der Waals surface area (Å²) < 4.78 is 95.9. The molecule has 14 heteroatoms. The van der Waals surface area contributed by atoms with Gasteiger partial charge in [-0.3, -0.25) is 13.7 Å². The molecule has 0 saturated heterocycles. The van der Waals surface area contributed by atoms with Gasteiger partial charge in [0.2, 0.25) is 0 Å². The lowest BCUT2D eigenvalue weighted by Crippen LogP contribution is -2.37. The van der Waals surface area contributed by atoms with Gasteiger partial charge < -0.3 is 14.6 Å². The third-order valence-corrected chi connectivity index (χ3v) is 7.51. The molecule has 1 fully saturated rings.